The van der Waals surface area contributed by atoms with Crippen molar-refractivity contribution in [2.45, 2.75) is 17.6 Å². The summed E-state index contributed by atoms with van der Waals surface area (Å²) in [5.74, 6) is -1.11. The van der Waals surface area contributed by atoms with Crippen molar-refractivity contribution in [1.82, 2.24) is 14.7 Å². The quantitative estimate of drug-likeness (QED) is 0.613. The van der Waals surface area contributed by atoms with Crippen molar-refractivity contribution in [3.05, 3.63) is 39.4 Å². The van der Waals surface area contributed by atoms with Crippen LogP contribution in [0.2, 0.25) is 0 Å². The third kappa shape index (κ3) is 3.85. The summed E-state index contributed by atoms with van der Waals surface area (Å²) in [5.41, 5.74) is 0.445. The van der Waals surface area contributed by atoms with Gasteiger partial charge in [-0.3, -0.25) is 4.90 Å². The first-order valence-corrected chi connectivity index (χ1v) is 8.19. The highest BCUT2D eigenvalue weighted by Crippen LogP contribution is 2.19. The van der Waals surface area contributed by atoms with Gasteiger partial charge < -0.3 is 0 Å². The zero-order valence-electron chi connectivity index (χ0n) is 11.0. The maximum absolute atomic E-state index is 13.6. The van der Waals surface area contributed by atoms with Crippen molar-refractivity contribution in [2.24, 2.45) is 0 Å². The molecule has 0 saturated carbocycles. The van der Waals surface area contributed by atoms with Crippen LogP contribution in [0, 0.1) is 15.6 Å². The molecule has 0 atom stereocenters. The Bertz CT molecular complexity index is 654. The lowest BCUT2D eigenvalue weighted by Crippen LogP contribution is -2.23. The van der Waals surface area contributed by atoms with E-state index in [1.807, 2.05) is 18.2 Å². The van der Waals surface area contributed by atoms with Crippen LogP contribution in [-0.4, -0.2) is 28.0 Å². The van der Waals surface area contributed by atoms with Gasteiger partial charge in [-0.25, -0.2) is 13.5 Å². The molecule has 0 fully saturated rings. The molecular formula is C12H13F2N3S3. The molecule has 0 amide bonds. The van der Waals surface area contributed by atoms with E-state index in [1.165, 1.54) is 35.2 Å². The molecule has 2 rings (SSSR count). The zero-order valence-corrected chi connectivity index (χ0v) is 13.4. The minimum absolute atomic E-state index is 0.361. The Balaban J connectivity index is 2.06. The fourth-order valence-corrected chi connectivity index (χ4v) is 3.42. The van der Waals surface area contributed by atoms with Gasteiger partial charge >= 0.3 is 0 Å². The van der Waals surface area contributed by atoms with Gasteiger partial charge in [-0.15, -0.1) is 0 Å². The van der Waals surface area contributed by atoms with E-state index >= 15 is 0 Å². The third-order valence-corrected chi connectivity index (χ3v) is 4.88. The van der Waals surface area contributed by atoms with Crippen LogP contribution >= 0.6 is 35.3 Å². The Labute approximate surface area is 129 Å². The lowest BCUT2D eigenvalue weighted by molar-refractivity contribution is 0.240. The molecule has 3 nitrogen and oxygen atoms in total. The molecule has 0 aliphatic rings. The number of hydrogen-bond acceptors (Lipinski definition) is 5. The zero-order chi connectivity index (χ0) is 14.7. The van der Waals surface area contributed by atoms with E-state index in [0.717, 1.165) is 10.4 Å². The van der Waals surface area contributed by atoms with Crippen molar-refractivity contribution < 1.29 is 8.78 Å². The van der Waals surface area contributed by atoms with Crippen LogP contribution in [0.25, 0.3) is 0 Å². The molecule has 1 aromatic heterocycles. The molecule has 20 heavy (non-hydrogen) atoms. The Morgan fingerprint density at radius 3 is 2.80 bits per heavy atom. The van der Waals surface area contributed by atoms with Gasteiger partial charge in [-0.2, -0.15) is 5.10 Å². The third-order valence-electron chi connectivity index (χ3n) is 2.59. The van der Waals surface area contributed by atoms with Crippen LogP contribution in [0.5, 0.6) is 0 Å². The molecule has 0 radical (unpaired) electrons. The first kappa shape index (κ1) is 15.6. The predicted octanol–water partition coefficient (Wildman–Crippen LogP) is 3.76. The lowest BCUT2D eigenvalue weighted by atomic mass is 10.2. The van der Waals surface area contributed by atoms with Crippen molar-refractivity contribution in [3.8, 4) is 0 Å². The predicted molar refractivity (Wildman–Crippen MR) is 80.5 cm³/mol. The summed E-state index contributed by atoms with van der Waals surface area (Å²) in [6.07, 6.45) is 1.94. The van der Waals surface area contributed by atoms with Gasteiger partial charge in [0.25, 0.3) is 0 Å². The van der Waals surface area contributed by atoms with Gasteiger partial charge in [0, 0.05) is 18.2 Å². The molecule has 0 spiro atoms. The normalized spacial score (nSPS) is 11.2. The number of halogens is 2. The first-order valence-electron chi connectivity index (χ1n) is 5.74. The Hall–Kier alpha value is -0.830. The highest BCUT2D eigenvalue weighted by molar-refractivity contribution is 8.00. The van der Waals surface area contributed by atoms with Crippen LogP contribution in [0.4, 0.5) is 8.78 Å². The summed E-state index contributed by atoms with van der Waals surface area (Å²) in [6.45, 7) is 0.826. The Morgan fingerprint density at radius 2 is 2.20 bits per heavy atom. The fraction of sp³-hybridized carbons (Fsp3) is 0.333. The topological polar surface area (TPSA) is 21.1 Å². The highest BCUT2D eigenvalue weighted by atomic mass is 32.2. The molecule has 0 unspecified atom stereocenters. The van der Waals surface area contributed by atoms with Crippen LogP contribution in [-0.2, 0) is 13.2 Å². The van der Waals surface area contributed by atoms with Crippen molar-refractivity contribution in [1.29, 1.82) is 0 Å². The second-order valence-corrected chi connectivity index (χ2v) is 6.90. The Kier molecular flexibility index (Phi) is 5.25. The van der Waals surface area contributed by atoms with Gasteiger partial charge in [-0.1, -0.05) is 29.2 Å². The summed E-state index contributed by atoms with van der Waals surface area (Å²) in [4.78, 5) is 1.87. The summed E-state index contributed by atoms with van der Waals surface area (Å²) < 4.78 is 29.7. The van der Waals surface area contributed by atoms with Gasteiger partial charge in [0.15, 0.2) is 8.29 Å². The standard InChI is InChI=1S/C12H13F2N3S3/c1-16(6-8-3-4-9(13)5-10(8)14)7-17-12(18)20-11(15-17)19-2/h3-5H,6-7H2,1-2H3. The van der Waals surface area contributed by atoms with Crippen molar-refractivity contribution in [2.75, 3.05) is 13.3 Å². The monoisotopic (exact) mass is 333 g/mol. The number of aromatic nitrogens is 2. The second kappa shape index (κ2) is 6.75. The summed E-state index contributed by atoms with van der Waals surface area (Å²) in [5, 5.41) is 4.34. The van der Waals surface area contributed by atoms with E-state index in [2.05, 4.69) is 5.10 Å². The molecule has 2 aromatic rings. The smallest absolute Gasteiger partial charge is 0.181 e. The van der Waals surface area contributed by atoms with Gasteiger partial charge in [-0.05, 0) is 31.6 Å². The van der Waals surface area contributed by atoms with E-state index < -0.39 is 11.6 Å². The number of rotatable bonds is 5. The minimum atomic E-state index is -0.569. The lowest BCUT2D eigenvalue weighted by Gasteiger charge is -2.16. The van der Waals surface area contributed by atoms with E-state index in [9.17, 15) is 8.78 Å². The molecule has 8 heteroatoms. The molecule has 0 aliphatic carbocycles. The minimum Gasteiger partial charge on any atom is -0.283 e. The number of thioether (sulfide) groups is 1. The SMILES string of the molecule is CSc1nn(CN(C)Cc2ccc(F)cc2F)c(=S)s1. The molecule has 0 saturated heterocycles. The van der Waals surface area contributed by atoms with Crippen LogP contribution < -0.4 is 0 Å². The van der Waals surface area contributed by atoms with Crippen LogP contribution in [0.3, 0.4) is 0 Å². The molecular weight excluding hydrogens is 320 g/mol. The van der Waals surface area contributed by atoms with Crippen LogP contribution in [0.1, 0.15) is 5.56 Å². The number of hydrogen-bond donors (Lipinski definition) is 0. The molecule has 108 valence electrons. The van der Waals surface area contributed by atoms with Crippen molar-refractivity contribution >= 4 is 35.3 Å². The summed E-state index contributed by atoms with van der Waals surface area (Å²) in [6, 6.07) is 3.60. The average molecular weight is 333 g/mol. The fourth-order valence-electron chi connectivity index (χ4n) is 1.68. The van der Waals surface area contributed by atoms with Gasteiger partial charge in [0.2, 0.25) is 0 Å². The molecule has 0 bridgehead atoms. The number of nitrogens with zero attached hydrogens (tertiary/aromatic N) is 3. The largest absolute Gasteiger partial charge is 0.283 e. The molecule has 1 heterocycles. The highest BCUT2D eigenvalue weighted by Gasteiger charge is 2.09. The molecule has 0 aliphatic heterocycles. The Morgan fingerprint density at radius 1 is 1.45 bits per heavy atom. The molecule has 0 N–H and O–H groups in total. The maximum atomic E-state index is 13.6. The molecule has 1 aromatic carbocycles. The number of benzene rings is 1. The second-order valence-electron chi connectivity index (χ2n) is 4.23. The van der Waals surface area contributed by atoms with E-state index in [1.54, 1.807) is 4.68 Å². The van der Waals surface area contributed by atoms with Gasteiger partial charge in [0.1, 0.15) is 11.6 Å². The van der Waals surface area contributed by atoms with E-state index in [0.29, 0.717) is 22.7 Å². The maximum Gasteiger partial charge on any atom is 0.181 e. The first-order chi connectivity index (χ1) is 9.49. The average Bonchev–Trinajstić information content (AvgIpc) is 2.74. The van der Waals surface area contributed by atoms with E-state index in [-0.39, 0.29) is 0 Å². The summed E-state index contributed by atoms with van der Waals surface area (Å²) >= 11 is 8.21. The summed E-state index contributed by atoms with van der Waals surface area (Å²) in [7, 11) is 1.84. The van der Waals surface area contributed by atoms with E-state index in [4.69, 9.17) is 12.2 Å². The van der Waals surface area contributed by atoms with Crippen molar-refractivity contribution in [3.63, 3.8) is 0 Å². The van der Waals surface area contributed by atoms with Gasteiger partial charge in [0.05, 0.1) is 6.67 Å². The van der Waals surface area contributed by atoms with Crippen LogP contribution in [0.15, 0.2) is 22.5 Å².